The number of carbonyl (C=O) groups excluding carboxylic acids is 1. The van der Waals surface area contributed by atoms with E-state index in [-0.39, 0.29) is 11.3 Å². The van der Waals surface area contributed by atoms with E-state index in [1.54, 1.807) is 0 Å². The highest BCUT2D eigenvalue weighted by molar-refractivity contribution is 9.10. The van der Waals surface area contributed by atoms with Crippen LogP contribution in [0.3, 0.4) is 0 Å². The molecule has 0 atom stereocenters. The summed E-state index contributed by atoms with van der Waals surface area (Å²) in [4.78, 5) is 12.5. The lowest BCUT2D eigenvalue weighted by Crippen LogP contribution is -2.44. The monoisotopic (exact) mass is 337 g/mol. The van der Waals surface area contributed by atoms with Gasteiger partial charge in [0.05, 0.1) is 11.0 Å². The van der Waals surface area contributed by atoms with Gasteiger partial charge >= 0.3 is 0 Å². The molecule has 0 spiro atoms. The summed E-state index contributed by atoms with van der Waals surface area (Å²) in [5, 5.41) is 13.3. The second-order valence-corrected chi connectivity index (χ2v) is 7.12. The largest absolute Gasteiger partial charge is 0.388 e. The van der Waals surface area contributed by atoms with E-state index in [0.29, 0.717) is 6.54 Å². The van der Waals surface area contributed by atoms with Gasteiger partial charge in [0.1, 0.15) is 0 Å². The maximum atomic E-state index is 12.5. The third-order valence-electron chi connectivity index (χ3n) is 4.67. The summed E-state index contributed by atoms with van der Waals surface area (Å²) in [6.45, 7) is 0.390. The van der Waals surface area contributed by atoms with Gasteiger partial charge in [0.15, 0.2) is 0 Å². The quantitative estimate of drug-likeness (QED) is 0.887. The van der Waals surface area contributed by atoms with Crippen LogP contribution in [0.5, 0.6) is 0 Å². The van der Waals surface area contributed by atoms with Crippen LogP contribution in [0.1, 0.15) is 44.1 Å². The Labute approximate surface area is 127 Å². The molecular formula is C16H20BrNO2. The van der Waals surface area contributed by atoms with Crippen molar-refractivity contribution < 1.29 is 9.90 Å². The van der Waals surface area contributed by atoms with Crippen molar-refractivity contribution in [1.29, 1.82) is 0 Å². The molecule has 2 aliphatic rings. The summed E-state index contributed by atoms with van der Waals surface area (Å²) in [5.74, 6) is 0.0657. The minimum absolute atomic E-state index is 0.0657. The molecule has 2 aliphatic carbocycles. The van der Waals surface area contributed by atoms with Gasteiger partial charge in [0.25, 0.3) is 0 Å². The minimum atomic E-state index is -0.678. The number of rotatable bonds is 4. The third kappa shape index (κ3) is 2.63. The molecule has 0 aliphatic heterocycles. The van der Waals surface area contributed by atoms with Gasteiger partial charge in [0.2, 0.25) is 5.91 Å². The minimum Gasteiger partial charge on any atom is -0.388 e. The Bertz CT molecular complexity index is 519. The summed E-state index contributed by atoms with van der Waals surface area (Å²) in [6.07, 6.45) is 5.52. The van der Waals surface area contributed by atoms with Gasteiger partial charge in [0, 0.05) is 11.0 Å². The summed E-state index contributed by atoms with van der Waals surface area (Å²) in [6, 6.07) is 7.98. The van der Waals surface area contributed by atoms with Crippen molar-refractivity contribution in [2.75, 3.05) is 6.54 Å². The van der Waals surface area contributed by atoms with Crippen LogP contribution >= 0.6 is 15.9 Å². The van der Waals surface area contributed by atoms with Crippen LogP contribution in [-0.2, 0) is 10.2 Å². The fourth-order valence-electron chi connectivity index (χ4n) is 3.18. The summed E-state index contributed by atoms with van der Waals surface area (Å²) < 4.78 is 1.00. The molecule has 3 nitrogen and oxygen atoms in total. The summed E-state index contributed by atoms with van der Waals surface area (Å²) in [7, 11) is 0. The highest BCUT2D eigenvalue weighted by atomic mass is 79.9. The van der Waals surface area contributed by atoms with Crippen molar-refractivity contribution in [3.05, 3.63) is 34.3 Å². The van der Waals surface area contributed by atoms with Crippen LogP contribution in [-0.4, -0.2) is 23.2 Å². The lowest BCUT2D eigenvalue weighted by molar-refractivity contribution is -0.124. The van der Waals surface area contributed by atoms with Crippen molar-refractivity contribution >= 4 is 21.8 Å². The fourth-order valence-corrected chi connectivity index (χ4v) is 3.58. The molecule has 1 amide bonds. The molecule has 3 rings (SSSR count). The highest BCUT2D eigenvalue weighted by Crippen LogP contribution is 2.49. The molecule has 2 saturated carbocycles. The number of nitrogens with one attached hydrogen (secondary N) is 1. The molecule has 4 heteroatoms. The molecule has 0 aromatic heterocycles. The number of aliphatic hydroxyl groups is 1. The normalized spacial score (nSPS) is 22.5. The predicted octanol–water partition coefficient (Wildman–Crippen LogP) is 2.90. The van der Waals surface area contributed by atoms with Crippen LogP contribution < -0.4 is 5.32 Å². The Balaban J connectivity index is 1.67. The van der Waals surface area contributed by atoms with Gasteiger partial charge < -0.3 is 10.4 Å². The molecule has 108 valence electrons. The number of hydrogen-bond acceptors (Lipinski definition) is 2. The standard InChI is InChI=1S/C16H20BrNO2/c17-13-5-3-4-12(10-13)16(8-9-16)14(19)18-11-15(20)6-1-2-7-15/h3-5,10,20H,1-2,6-9,11H2,(H,18,19). The molecule has 2 N–H and O–H groups in total. The molecule has 1 aromatic carbocycles. The average molecular weight is 338 g/mol. The molecule has 2 fully saturated rings. The van der Waals surface area contributed by atoms with Gasteiger partial charge in [-0.15, -0.1) is 0 Å². The second-order valence-electron chi connectivity index (χ2n) is 6.21. The van der Waals surface area contributed by atoms with Crippen molar-refractivity contribution in [3.8, 4) is 0 Å². The predicted molar refractivity (Wildman–Crippen MR) is 81.5 cm³/mol. The first-order valence-corrected chi connectivity index (χ1v) is 8.10. The van der Waals surface area contributed by atoms with Crippen LogP contribution in [0, 0.1) is 0 Å². The van der Waals surface area contributed by atoms with Crippen LogP contribution in [0.4, 0.5) is 0 Å². The zero-order valence-corrected chi connectivity index (χ0v) is 13.1. The van der Waals surface area contributed by atoms with E-state index in [1.807, 2.05) is 24.3 Å². The Kier molecular flexibility index (Phi) is 3.63. The van der Waals surface area contributed by atoms with Crippen molar-refractivity contribution in [1.82, 2.24) is 5.32 Å². The van der Waals surface area contributed by atoms with Crippen LogP contribution in [0.15, 0.2) is 28.7 Å². The molecule has 0 bridgehead atoms. The maximum absolute atomic E-state index is 12.5. The first kappa shape index (κ1) is 14.1. The van der Waals surface area contributed by atoms with Gasteiger partial charge in [-0.05, 0) is 43.4 Å². The average Bonchev–Trinajstić information content (AvgIpc) is 3.14. The number of amides is 1. The van der Waals surface area contributed by atoms with Gasteiger partial charge in [-0.25, -0.2) is 0 Å². The Morgan fingerprint density at radius 2 is 1.95 bits per heavy atom. The van der Waals surface area contributed by atoms with E-state index < -0.39 is 5.60 Å². The highest BCUT2D eigenvalue weighted by Gasteiger charge is 2.51. The molecule has 0 radical (unpaired) electrons. The molecular weight excluding hydrogens is 318 g/mol. The first-order valence-electron chi connectivity index (χ1n) is 7.31. The topological polar surface area (TPSA) is 49.3 Å². The van der Waals surface area contributed by atoms with E-state index in [2.05, 4.69) is 21.2 Å². The fraction of sp³-hybridized carbons (Fsp3) is 0.562. The van der Waals surface area contributed by atoms with Crippen molar-refractivity contribution in [3.63, 3.8) is 0 Å². The van der Waals surface area contributed by atoms with Crippen LogP contribution in [0.2, 0.25) is 0 Å². The number of benzene rings is 1. The molecule has 20 heavy (non-hydrogen) atoms. The third-order valence-corrected chi connectivity index (χ3v) is 5.17. The Morgan fingerprint density at radius 3 is 2.55 bits per heavy atom. The Hall–Kier alpha value is -0.870. The van der Waals surface area contributed by atoms with Crippen molar-refractivity contribution in [2.45, 2.75) is 49.5 Å². The summed E-state index contributed by atoms with van der Waals surface area (Å²) >= 11 is 3.46. The first-order chi connectivity index (χ1) is 9.54. The van der Waals surface area contributed by atoms with Gasteiger partial charge in [-0.2, -0.15) is 0 Å². The SMILES string of the molecule is O=C(NCC1(O)CCCC1)C1(c2cccc(Br)c2)CC1. The number of carbonyl (C=O) groups is 1. The Morgan fingerprint density at radius 1 is 1.25 bits per heavy atom. The van der Waals surface area contributed by atoms with Gasteiger partial charge in [-0.3, -0.25) is 4.79 Å². The zero-order chi connectivity index (χ0) is 14.2. The molecule has 1 aromatic rings. The van der Waals surface area contributed by atoms with E-state index in [9.17, 15) is 9.90 Å². The van der Waals surface area contributed by atoms with Crippen LogP contribution in [0.25, 0.3) is 0 Å². The second kappa shape index (κ2) is 5.15. The molecule has 0 unspecified atom stereocenters. The zero-order valence-electron chi connectivity index (χ0n) is 11.5. The smallest absolute Gasteiger partial charge is 0.230 e. The maximum Gasteiger partial charge on any atom is 0.230 e. The molecule has 0 heterocycles. The lowest BCUT2D eigenvalue weighted by Gasteiger charge is -2.24. The lowest BCUT2D eigenvalue weighted by atomic mass is 9.94. The van der Waals surface area contributed by atoms with E-state index in [0.717, 1.165) is 48.6 Å². The number of halogens is 1. The van der Waals surface area contributed by atoms with Gasteiger partial charge in [-0.1, -0.05) is 40.9 Å². The van der Waals surface area contributed by atoms with E-state index in [4.69, 9.17) is 0 Å². The van der Waals surface area contributed by atoms with E-state index in [1.165, 1.54) is 0 Å². The number of hydrogen-bond donors (Lipinski definition) is 2. The van der Waals surface area contributed by atoms with E-state index >= 15 is 0 Å². The summed E-state index contributed by atoms with van der Waals surface area (Å²) in [5.41, 5.74) is 0.0321. The molecule has 0 saturated heterocycles. The van der Waals surface area contributed by atoms with Crippen molar-refractivity contribution in [2.24, 2.45) is 0 Å².